The van der Waals surface area contributed by atoms with Gasteiger partial charge >= 0.3 is 0 Å². The molecule has 724 valence electrons. The van der Waals surface area contributed by atoms with Crippen molar-refractivity contribution in [2.75, 3.05) is 73.8 Å². The first-order chi connectivity index (χ1) is 59.6. The summed E-state index contributed by atoms with van der Waals surface area (Å²) in [5.41, 5.74) is 29.5. The molecule has 2 rings (SSSR count). The van der Waals surface area contributed by atoms with Gasteiger partial charge in [-0.15, -0.1) is 0 Å². The van der Waals surface area contributed by atoms with E-state index in [9.17, 15) is 122 Å². The van der Waals surface area contributed by atoms with Crippen LogP contribution < -0.4 is 119 Å². The number of carbonyl (C=O) groups is 18. The Morgan fingerprint density at radius 1 is 0.370 bits per heavy atom. The first kappa shape index (κ1) is 115. The van der Waals surface area contributed by atoms with Crippen molar-refractivity contribution in [2.45, 2.75) is 257 Å². The molecule has 1 aliphatic carbocycles. The molecule has 1 saturated heterocycles. The lowest BCUT2D eigenvalue weighted by Gasteiger charge is -2.46. The molecule has 1 saturated carbocycles. The number of unbranched alkanes of at least 4 members (excludes halogenated alkanes) is 3. The van der Waals surface area contributed by atoms with Crippen LogP contribution in [0.2, 0.25) is 0 Å². The molecule has 56 heteroatoms. The van der Waals surface area contributed by atoms with Crippen LogP contribution in [0, 0.1) is 0 Å². The van der Waals surface area contributed by atoms with Crippen molar-refractivity contribution < 1.29 is 136 Å². The smallest absolute Gasteiger partial charge is 0.245 e. The topological polar surface area (TPSA) is 811 Å². The van der Waals surface area contributed by atoms with Gasteiger partial charge in [0.25, 0.3) is 0 Å². The van der Waals surface area contributed by atoms with Crippen molar-refractivity contribution in [3.05, 3.63) is 0 Å². The zero-order valence-corrected chi connectivity index (χ0v) is 76.2. The molecule has 2 aliphatic rings. The van der Waals surface area contributed by atoms with Crippen molar-refractivity contribution in [1.29, 1.82) is 0 Å². The summed E-state index contributed by atoms with van der Waals surface area (Å²) < 4.78 is 17.8. The van der Waals surface area contributed by atoms with Crippen LogP contribution in [-0.2, 0) is 101 Å². The largest absolute Gasteiger partial charge is 0.391 e. The zero-order chi connectivity index (χ0) is 96.6. The summed E-state index contributed by atoms with van der Waals surface area (Å²) in [6, 6.07) is -22.6. The van der Waals surface area contributed by atoms with Gasteiger partial charge in [-0.3, -0.25) is 86.3 Å². The van der Waals surface area contributed by atoms with Crippen LogP contribution in [0.15, 0.2) is 0 Å². The standard InChI is InChI=1S/C71H126N22O28S6/c1-27(82-62(110)37(22-123)85-64(112)39(24-125)86-65(113)40(25-126)88-68(116)50(31(5)95)90-44(99)13-12-43(98)77-14-10-8-9-11-15-119-57-53(103)34(73)16-35(74)56(57)121-71-48(75)55(105)54(104)42(17-72)120-71)59(107)79-18-45(100)78-19-47(102)84-36(21-122)66(114)93-52(33(7)97)70(118)87-38(23-124)63(111)83-28(2)60(108)80-20-46(101)81-29(3)61(109)92-51(32(6)96)69(117)89-41(26-127)67(115)91-49(30(4)94)58(76)106/h27-42,48-57,71,94-97,103-105,122-127H,8-26,72-75H2,1-7H3,(H2,76,106)(H,77,98)(H,78,100)(H,79,107)(H,80,108)(H,81,101)(H,82,110)(H,83,111)(H,84,102)(H,85,112)(H,86,113)(H,87,118)(H,88,116)(H,89,117)(H,90,99)(H,91,115)(H,92,109)(H,93,114)/t27-,28-,29-,30+,31+,32+,33+,34+,35-,36-,37-,38-,39-,40-,41-,42+,48+,49-,50-,51-,52-,53-,54+,55+,56+,57+,71+/m0/s1. The van der Waals surface area contributed by atoms with E-state index in [2.05, 4.69) is 166 Å². The van der Waals surface area contributed by atoms with Crippen LogP contribution in [0.4, 0.5) is 0 Å². The Kier molecular flexibility index (Phi) is 53.1. The van der Waals surface area contributed by atoms with Gasteiger partial charge in [0.1, 0.15) is 109 Å². The fraction of sp³-hybridized carbons (Fsp3) is 0.746. The van der Waals surface area contributed by atoms with E-state index in [1.54, 1.807) is 0 Å². The van der Waals surface area contributed by atoms with Gasteiger partial charge in [0.05, 0.1) is 56.2 Å². The van der Waals surface area contributed by atoms with Crippen LogP contribution in [-0.4, -0.2) is 380 Å². The maximum absolute atomic E-state index is 13.5. The van der Waals surface area contributed by atoms with Gasteiger partial charge in [0, 0.05) is 79.1 Å². The Hall–Kier alpha value is -8.00. The van der Waals surface area contributed by atoms with Crippen LogP contribution in [0.1, 0.15) is 93.4 Å². The van der Waals surface area contributed by atoms with Crippen molar-refractivity contribution in [3.8, 4) is 0 Å². The second-order valence-corrected chi connectivity index (χ2v) is 32.1. The molecule has 50 nitrogen and oxygen atoms in total. The van der Waals surface area contributed by atoms with Gasteiger partial charge in [0.15, 0.2) is 6.29 Å². The second-order valence-electron chi connectivity index (χ2n) is 29.9. The van der Waals surface area contributed by atoms with Gasteiger partial charge in [0.2, 0.25) is 106 Å². The van der Waals surface area contributed by atoms with Crippen molar-refractivity contribution >= 4 is 182 Å². The van der Waals surface area contributed by atoms with Crippen LogP contribution in [0.3, 0.4) is 0 Å². The quantitative estimate of drug-likeness (QED) is 0.0199. The Bertz CT molecular complexity index is 3690. The van der Waals surface area contributed by atoms with Crippen molar-refractivity contribution in [2.24, 2.45) is 28.7 Å². The molecule has 18 amide bonds. The monoisotopic (exact) mass is 1930 g/mol. The van der Waals surface area contributed by atoms with Crippen LogP contribution in [0.25, 0.3) is 0 Å². The van der Waals surface area contributed by atoms with E-state index in [0.717, 1.165) is 13.8 Å². The molecule has 27 atom stereocenters. The number of primary amides is 1. The number of nitrogens with one attached hydrogen (secondary N) is 17. The van der Waals surface area contributed by atoms with Crippen molar-refractivity contribution in [1.82, 2.24) is 90.4 Å². The molecular formula is C71H126N22O28S6. The summed E-state index contributed by atoms with van der Waals surface area (Å²) in [7, 11) is 0. The van der Waals surface area contributed by atoms with Gasteiger partial charge in [-0.05, 0) is 67.7 Å². The number of aliphatic hydroxyl groups excluding tert-OH is 7. The lowest BCUT2D eigenvalue weighted by Crippen LogP contribution is -2.67. The fourth-order valence-electron chi connectivity index (χ4n) is 11.8. The number of carbonyl (C=O) groups excluding carboxylic acids is 18. The molecule has 1 aliphatic heterocycles. The summed E-state index contributed by atoms with van der Waals surface area (Å²) >= 11 is 24.5. The predicted molar refractivity (Wildman–Crippen MR) is 470 cm³/mol. The summed E-state index contributed by atoms with van der Waals surface area (Å²) in [6.45, 7) is 6.02. The van der Waals surface area contributed by atoms with E-state index in [0.29, 0.717) is 25.7 Å². The highest BCUT2D eigenvalue weighted by molar-refractivity contribution is 7.81. The Morgan fingerprint density at radius 2 is 0.732 bits per heavy atom. The van der Waals surface area contributed by atoms with E-state index >= 15 is 0 Å². The Balaban J connectivity index is 1.83. The maximum Gasteiger partial charge on any atom is 0.245 e. The maximum atomic E-state index is 13.5. The molecule has 127 heavy (non-hydrogen) atoms. The number of thiol groups is 6. The highest BCUT2D eigenvalue weighted by Gasteiger charge is 2.49. The summed E-state index contributed by atoms with van der Waals surface area (Å²) in [5, 5.41) is 112. The molecule has 2 fully saturated rings. The molecule has 1 heterocycles. The van der Waals surface area contributed by atoms with E-state index < -0.39 is 308 Å². The van der Waals surface area contributed by atoms with Crippen LogP contribution >= 0.6 is 75.8 Å². The third-order valence-corrected chi connectivity index (χ3v) is 21.6. The molecule has 34 N–H and O–H groups in total. The molecule has 0 aromatic heterocycles. The molecular weight excluding hydrogens is 1800 g/mol. The van der Waals surface area contributed by atoms with Gasteiger partial charge in [-0.25, -0.2) is 0 Å². The number of aliphatic hydroxyl groups is 7. The Labute approximate surface area is 764 Å². The molecule has 0 bridgehead atoms. The van der Waals surface area contributed by atoms with Crippen LogP contribution in [0.5, 0.6) is 0 Å². The third kappa shape index (κ3) is 39.3. The Morgan fingerprint density at radius 3 is 1.17 bits per heavy atom. The van der Waals surface area contributed by atoms with E-state index in [-0.39, 0.29) is 55.5 Å². The highest BCUT2D eigenvalue weighted by Crippen LogP contribution is 2.29. The van der Waals surface area contributed by atoms with Crippen molar-refractivity contribution in [3.63, 3.8) is 0 Å². The lowest BCUT2D eigenvalue weighted by molar-refractivity contribution is -0.291. The number of hydrogen-bond donors (Lipinski definition) is 35. The predicted octanol–water partition coefficient (Wildman–Crippen LogP) is -16.3. The average Bonchev–Trinajstić information content (AvgIpc) is 0.786. The number of hydrogen-bond acceptors (Lipinski definition) is 38. The summed E-state index contributed by atoms with van der Waals surface area (Å²) in [6.07, 6.45) is -12.5. The number of nitrogens with two attached hydrogens (primary N) is 5. The minimum Gasteiger partial charge on any atom is -0.391 e. The number of rotatable bonds is 56. The van der Waals surface area contributed by atoms with E-state index in [1.165, 1.54) is 34.6 Å². The van der Waals surface area contributed by atoms with Gasteiger partial charge in [-0.1, -0.05) is 12.8 Å². The molecule has 0 radical (unpaired) electrons. The van der Waals surface area contributed by atoms with Gasteiger partial charge in [-0.2, -0.15) is 75.8 Å². The second kappa shape index (κ2) is 58.6. The fourth-order valence-corrected chi connectivity index (χ4v) is 13.4. The molecule has 0 spiro atoms. The first-order valence-corrected chi connectivity index (χ1v) is 44.0. The molecule has 0 aromatic rings. The molecule has 0 unspecified atom stereocenters. The molecule has 0 aromatic carbocycles. The van der Waals surface area contributed by atoms with E-state index in [1.807, 2.05) is 0 Å². The summed E-state index contributed by atoms with van der Waals surface area (Å²) in [5.74, 6) is -20.0. The SMILES string of the molecule is C[C@H](NC(=O)CNC(=O)[C@H](C)NC(=O)[C@H](CS)NC(=O)[C@@H](NC(=O)[C@H](CS)NC(=O)CNC(=O)CNC(=O)[C@H](C)NC(=O)[C@H](CS)NC(=O)[C@H](CS)NC(=O)[C@H](CS)NC(=O)[C@@H](NC(=O)CCC(=O)NCCCCCCO[C@@H]1[C@@H](O)[C@H](N)C[C@H](N)[C@H]1O[C@H]1O[C@H](CN)[C@@H](O)[C@H](O)[C@H]1N)[C@@H](C)O)[C@@H](C)O)C(=O)N[C@H](C(=O)N[C@@H](CS)C(=O)N[C@H](C(N)=O)[C@@H](C)O)[C@@H](C)O. The minimum atomic E-state index is -1.82. The normalized spacial score (nSPS) is 22.5. The minimum absolute atomic E-state index is 0.138. The average molecular weight is 1930 g/mol. The highest BCUT2D eigenvalue weighted by atomic mass is 32.1. The third-order valence-electron chi connectivity index (χ3n) is 19.4. The summed E-state index contributed by atoms with van der Waals surface area (Å²) in [4.78, 5) is 234. The first-order valence-electron chi connectivity index (χ1n) is 40.2. The number of ether oxygens (including phenoxy) is 3. The van der Waals surface area contributed by atoms with E-state index in [4.69, 9.17) is 42.9 Å². The van der Waals surface area contributed by atoms with Gasteiger partial charge < -0.3 is 169 Å². The zero-order valence-electron chi connectivity index (χ0n) is 70.8. The number of amides is 18. The lowest BCUT2D eigenvalue weighted by atomic mass is 9.84.